The highest BCUT2D eigenvalue weighted by atomic mass is 15.7. The smallest absolute Gasteiger partial charge is 0.125 e. The molecule has 82 valence electrons. The minimum Gasteiger partial charge on any atom is -0.373 e. The van der Waals surface area contributed by atoms with Crippen LogP contribution in [-0.2, 0) is 0 Å². The average molecular weight is 213 g/mol. The Kier molecular flexibility index (Phi) is 1.93. The van der Waals surface area contributed by atoms with Crippen molar-refractivity contribution in [2.75, 3.05) is 13.6 Å². The van der Waals surface area contributed by atoms with E-state index in [1.165, 1.54) is 21.8 Å². The van der Waals surface area contributed by atoms with Gasteiger partial charge in [0, 0.05) is 29.9 Å². The van der Waals surface area contributed by atoms with E-state index in [-0.39, 0.29) is 0 Å². The summed E-state index contributed by atoms with van der Waals surface area (Å²) in [7, 11) is 1.97. The lowest BCUT2D eigenvalue weighted by Crippen LogP contribution is -2.42. The summed E-state index contributed by atoms with van der Waals surface area (Å²) < 4.78 is 0. The first-order chi connectivity index (χ1) is 7.79. The number of nitrogens with zero attached hydrogens (tertiary/aromatic N) is 2. The second-order valence-corrected chi connectivity index (χ2v) is 4.21. The van der Waals surface area contributed by atoms with E-state index >= 15 is 0 Å². The van der Waals surface area contributed by atoms with Crippen molar-refractivity contribution in [3.05, 3.63) is 46.1 Å². The number of nitrogens with one attached hydrogen (secondary N) is 1. The van der Waals surface area contributed by atoms with Crippen LogP contribution in [0.1, 0.15) is 6.92 Å². The fourth-order valence-corrected chi connectivity index (χ4v) is 2.33. The summed E-state index contributed by atoms with van der Waals surface area (Å²) in [4.78, 5) is 0. The Morgan fingerprint density at radius 1 is 1.12 bits per heavy atom. The van der Waals surface area contributed by atoms with Crippen molar-refractivity contribution in [2.45, 2.75) is 6.92 Å². The summed E-state index contributed by atoms with van der Waals surface area (Å²) in [5.74, 6) is 1.19. The van der Waals surface area contributed by atoms with Gasteiger partial charge in [0.2, 0.25) is 0 Å². The van der Waals surface area contributed by atoms with Gasteiger partial charge in [0.05, 0.1) is 6.54 Å². The van der Waals surface area contributed by atoms with Crippen LogP contribution in [0.5, 0.6) is 0 Å². The summed E-state index contributed by atoms with van der Waals surface area (Å²) in [6.45, 7) is 3.12. The molecule has 1 aromatic rings. The summed E-state index contributed by atoms with van der Waals surface area (Å²) in [6.07, 6.45) is 4.38. The molecular weight excluding hydrogens is 198 g/mol. The summed E-state index contributed by atoms with van der Waals surface area (Å²) in [5.41, 5.74) is 1.36. The zero-order chi connectivity index (χ0) is 11.1. The molecule has 0 atom stereocenters. The zero-order valence-corrected chi connectivity index (χ0v) is 9.57. The van der Waals surface area contributed by atoms with Crippen LogP contribution in [0.3, 0.4) is 0 Å². The second kappa shape index (κ2) is 3.30. The minimum absolute atomic E-state index is 0.959. The van der Waals surface area contributed by atoms with Crippen LogP contribution in [0.25, 0.3) is 12.4 Å². The van der Waals surface area contributed by atoms with E-state index in [0.29, 0.717) is 0 Å². The van der Waals surface area contributed by atoms with Crippen LogP contribution in [0.2, 0.25) is 0 Å². The fraction of sp³-hybridized carbons (Fsp3) is 0.231. The molecule has 0 fully saturated rings. The lowest BCUT2D eigenvalue weighted by Gasteiger charge is -2.29. The molecule has 0 bridgehead atoms. The molecule has 0 spiro atoms. The van der Waals surface area contributed by atoms with Crippen molar-refractivity contribution < 1.29 is 0 Å². The van der Waals surface area contributed by atoms with Gasteiger partial charge in [-0.3, -0.25) is 5.01 Å². The van der Waals surface area contributed by atoms with E-state index in [1.54, 1.807) is 0 Å². The molecule has 3 heteroatoms. The SMILES string of the molecule is CNC1=C(C)CN2C=c3ccccc3=CN12. The van der Waals surface area contributed by atoms with E-state index < -0.39 is 0 Å². The quantitative estimate of drug-likeness (QED) is 0.717. The maximum atomic E-state index is 3.26. The van der Waals surface area contributed by atoms with E-state index in [0.717, 1.165) is 6.54 Å². The third-order valence-electron chi connectivity index (χ3n) is 3.09. The van der Waals surface area contributed by atoms with Gasteiger partial charge in [0.25, 0.3) is 0 Å². The molecule has 3 nitrogen and oxygen atoms in total. The number of hydrazine groups is 1. The number of fused-ring (bicyclic) bond motifs is 2. The van der Waals surface area contributed by atoms with Gasteiger partial charge in [-0.2, -0.15) is 0 Å². The molecule has 2 aliphatic heterocycles. The predicted octanol–water partition coefficient (Wildman–Crippen LogP) is 0.160. The molecule has 0 radical (unpaired) electrons. The van der Waals surface area contributed by atoms with Gasteiger partial charge in [0.1, 0.15) is 5.82 Å². The molecule has 0 unspecified atom stereocenters. The van der Waals surface area contributed by atoms with Crippen LogP contribution in [0, 0.1) is 0 Å². The number of hydrogen-bond acceptors (Lipinski definition) is 3. The standard InChI is InChI=1S/C13H15N3/c1-10-7-15-8-11-5-3-4-6-12(11)9-16(15)13(10)14-2/h3-6,8-9,14H,7H2,1-2H3. The Bertz CT molecular complexity index is 571. The Balaban J connectivity index is 2.16. The van der Waals surface area contributed by atoms with Crippen molar-refractivity contribution in [2.24, 2.45) is 0 Å². The largest absolute Gasteiger partial charge is 0.373 e. The van der Waals surface area contributed by atoms with Gasteiger partial charge in [-0.15, -0.1) is 0 Å². The van der Waals surface area contributed by atoms with Gasteiger partial charge in [-0.1, -0.05) is 24.3 Å². The monoisotopic (exact) mass is 213 g/mol. The van der Waals surface area contributed by atoms with Gasteiger partial charge >= 0.3 is 0 Å². The van der Waals surface area contributed by atoms with E-state index in [4.69, 9.17) is 0 Å². The predicted molar refractivity (Wildman–Crippen MR) is 64.9 cm³/mol. The van der Waals surface area contributed by atoms with Crippen molar-refractivity contribution in [1.82, 2.24) is 15.3 Å². The number of rotatable bonds is 1. The summed E-state index contributed by atoms with van der Waals surface area (Å²) in [5, 5.41) is 10.2. The van der Waals surface area contributed by atoms with E-state index in [9.17, 15) is 0 Å². The lowest BCUT2D eigenvalue weighted by atomic mass is 10.2. The first-order valence-electron chi connectivity index (χ1n) is 5.51. The molecule has 16 heavy (non-hydrogen) atoms. The molecule has 1 aromatic carbocycles. The van der Waals surface area contributed by atoms with E-state index in [2.05, 4.69) is 58.9 Å². The topological polar surface area (TPSA) is 18.5 Å². The Morgan fingerprint density at radius 3 is 2.50 bits per heavy atom. The maximum absolute atomic E-state index is 3.26. The van der Waals surface area contributed by atoms with E-state index in [1.807, 2.05) is 7.05 Å². The van der Waals surface area contributed by atoms with Crippen LogP contribution >= 0.6 is 0 Å². The lowest BCUT2D eigenvalue weighted by molar-refractivity contribution is 0.195. The molecule has 1 N–H and O–H groups in total. The molecule has 0 saturated carbocycles. The van der Waals surface area contributed by atoms with Crippen molar-refractivity contribution in [3.8, 4) is 0 Å². The van der Waals surface area contributed by atoms with Gasteiger partial charge in [-0.25, -0.2) is 5.01 Å². The Hall–Kier alpha value is -1.90. The van der Waals surface area contributed by atoms with Gasteiger partial charge in [0.15, 0.2) is 0 Å². The molecule has 3 rings (SSSR count). The van der Waals surface area contributed by atoms with Gasteiger partial charge < -0.3 is 5.32 Å². The van der Waals surface area contributed by atoms with Crippen LogP contribution < -0.4 is 15.8 Å². The molecule has 2 aliphatic rings. The number of benzene rings is 1. The normalized spacial score (nSPS) is 17.6. The van der Waals surface area contributed by atoms with Crippen LogP contribution in [0.4, 0.5) is 0 Å². The summed E-state index contributed by atoms with van der Waals surface area (Å²) in [6, 6.07) is 8.44. The third-order valence-corrected chi connectivity index (χ3v) is 3.09. The first-order valence-corrected chi connectivity index (χ1v) is 5.51. The maximum Gasteiger partial charge on any atom is 0.125 e. The van der Waals surface area contributed by atoms with Gasteiger partial charge in [-0.05, 0) is 12.5 Å². The molecule has 0 aromatic heterocycles. The Labute approximate surface area is 94.9 Å². The first kappa shape index (κ1) is 9.33. The summed E-state index contributed by atoms with van der Waals surface area (Å²) >= 11 is 0. The highest BCUT2D eigenvalue weighted by molar-refractivity contribution is 5.42. The van der Waals surface area contributed by atoms with Crippen LogP contribution in [-0.4, -0.2) is 23.6 Å². The van der Waals surface area contributed by atoms with Crippen molar-refractivity contribution in [3.63, 3.8) is 0 Å². The van der Waals surface area contributed by atoms with Crippen LogP contribution in [0.15, 0.2) is 35.7 Å². The molecule has 0 aliphatic carbocycles. The van der Waals surface area contributed by atoms with Crippen molar-refractivity contribution in [1.29, 1.82) is 0 Å². The molecule has 0 saturated heterocycles. The Morgan fingerprint density at radius 2 is 1.81 bits per heavy atom. The average Bonchev–Trinajstić information content (AvgIpc) is 2.60. The minimum atomic E-state index is 0.959. The second-order valence-electron chi connectivity index (χ2n) is 4.21. The molecule has 0 amide bonds. The number of hydrogen-bond donors (Lipinski definition) is 1. The molecular formula is C13H15N3. The zero-order valence-electron chi connectivity index (χ0n) is 9.57. The van der Waals surface area contributed by atoms with Crippen molar-refractivity contribution >= 4 is 12.4 Å². The highest BCUT2D eigenvalue weighted by Crippen LogP contribution is 2.22. The highest BCUT2D eigenvalue weighted by Gasteiger charge is 2.24. The fourth-order valence-electron chi connectivity index (χ4n) is 2.33. The third kappa shape index (κ3) is 1.21. The molecule has 2 heterocycles.